The molecule has 166 valence electrons. The summed E-state index contributed by atoms with van der Waals surface area (Å²) < 4.78 is 0. The van der Waals surface area contributed by atoms with Crippen LogP contribution >= 0.6 is 23.4 Å². The van der Waals surface area contributed by atoms with Gasteiger partial charge >= 0.3 is 0 Å². The Morgan fingerprint density at radius 3 is 2.66 bits per heavy atom. The van der Waals surface area contributed by atoms with Crippen molar-refractivity contribution in [3.05, 3.63) is 64.7 Å². The van der Waals surface area contributed by atoms with Crippen molar-refractivity contribution < 1.29 is 9.59 Å². The molecular formula is C24H25ClN4O2S. The van der Waals surface area contributed by atoms with Gasteiger partial charge in [0.1, 0.15) is 11.9 Å². The van der Waals surface area contributed by atoms with Crippen LogP contribution in [0.15, 0.2) is 58.5 Å². The highest BCUT2D eigenvalue weighted by Gasteiger charge is 2.41. The van der Waals surface area contributed by atoms with Gasteiger partial charge in [-0.3, -0.25) is 14.5 Å². The normalized spacial score (nSPS) is 17.1. The lowest BCUT2D eigenvalue weighted by molar-refractivity contribution is -0.120. The molecule has 0 aliphatic carbocycles. The monoisotopic (exact) mass is 468 g/mol. The highest BCUT2D eigenvalue weighted by molar-refractivity contribution is 8.14. The molecule has 0 saturated carbocycles. The van der Waals surface area contributed by atoms with Crippen LogP contribution in [0, 0.1) is 5.92 Å². The maximum absolute atomic E-state index is 12.7. The molecule has 4 rings (SSSR count). The van der Waals surface area contributed by atoms with Crippen molar-refractivity contribution in [2.75, 3.05) is 12.3 Å². The number of hydrogen-bond acceptors (Lipinski definition) is 5. The van der Waals surface area contributed by atoms with Crippen LogP contribution in [0.2, 0.25) is 5.02 Å². The number of amides is 2. The zero-order valence-corrected chi connectivity index (χ0v) is 19.6. The number of carbonyl (C=O) groups is 2. The van der Waals surface area contributed by atoms with Crippen LogP contribution in [0.3, 0.4) is 0 Å². The number of thioether (sulfide) groups is 1. The summed E-state index contributed by atoms with van der Waals surface area (Å²) in [7, 11) is 0. The van der Waals surface area contributed by atoms with Crippen LogP contribution in [0.25, 0.3) is 0 Å². The summed E-state index contributed by atoms with van der Waals surface area (Å²) in [4.78, 5) is 36.2. The van der Waals surface area contributed by atoms with Crippen molar-refractivity contribution in [1.82, 2.24) is 10.2 Å². The van der Waals surface area contributed by atoms with E-state index < -0.39 is 0 Å². The molecule has 0 spiro atoms. The first-order chi connectivity index (χ1) is 15.4. The first-order valence-corrected chi connectivity index (χ1v) is 12.0. The van der Waals surface area contributed by atoms with E-state index in [1.807, 2.05) is 53.4 Å². The maximum atomic E-state index is 12.7. The molecule has 2 aromatic rings. The van der Waals surface area contributed by atoms with Crippen LogP contribution in [-0.2, 0) is 16.0 Å². The minimum atomic E-state index is -0.377. The minimum absolute atomic E-state index is 0.0741. The van der Waals surface area contributed by atoms with Gasteiger partial charge in [0.15, 0.2) is 5.17 Å². The molecule has 32 heavy (non-hydrogen) atoms. The summed E-state index contributed by atoms with van der Waals surface area (Å²) in [6.45, 7) is 4.71. The van der Waals surface area contributed by atoms with E-state index in [1.165, 1.54) is 11.8 Å². The summed E-state index contributed by atoms with van der Waals surface area (Å²) in [5, 5.41) is 4.30. The molecule has 1 atom stereocenters. The summed E-state index contributed by atoms with van der Waals surface area (Å²) in [5.41, 5.74) is 2.73. The predicted molar refractivity (Wildman–Crippen MR) is 131 cm³/mol. The predicted octanol–water partition coefficient (Wildman–Crippen LogP) is 4.44. The Morgan fingerprint density at radius 2 is 1.91 bits per heavy atom. The molecule has 0 fully saturated rings. The van der Waals surface area contributed by atoms with E-state index in [1.54, 1.807) is 0 Å². The van der Waals surface area contributed by atoms with Gasteiger partial charge in [0.25, 0.3) is 5.91 Å². The van der Waals surface area contributed by atoms with Gasteiger partial charge in [-0.15, -0.1) is 0 Å². The second kappa shape index (κ2) is 9.88. The molecular weight excluding hydrogens is 444 g/mol. The molecule has 2 amide bonds. The SMILES string of the molecule is CC(C)CC1C(=O)N=C2c3ccccc3N=C(SCC(=O)NCCc3ccc(Cl)cc3)N21. The zero-order valence-electron chi connectivity index (χ0n) is 18.0. The lowest BCUT2D eigenvalue weighted by atomic mass is 10.0. The second-order valence-electron chi connectivity index (χ2n) is 8.22. The molecule has 2 aromatic carbocycles. The van der Waals surface area contributed by atoms with Crippen molar-refractivity contribution in [3.63, 3.8) is 0 Å². The summed E-state index contributed by atoms with van der Waals surface area (Å²) in [6, 6.07) is 14.9. The van der Waals surface area contributed by atoms with E-state index in [-0.39, 0.29) is 23.6 Å². The average Bonchev–Trinajstić information content (AvgIpc) is 3.09. The second-order valence-corrected chi connectivity index (χ2v) is 9.59. The van der Waals surface area contributed by atoms with Crippen LogP contribution in [-0.4, -0.2) is 46.1 Å². The lowest BCUT2D eigenvalue weighted by Gasteiger charge is -2.31. The molecule has 1 unspecified atom stereocenters. The Hall–Kier alpha value is -2.64. The van der Waals surface area contributed by atoms with E-state index in [0.29, 0.717) is 34.9 Å². The number of nitrogens with zero attached hydrogens (tertiary/aromatic N) is 3. The largest absolute Gasteiger partial charge is 0.355 e. The van der Waals surface area contributed by atoms with Gasteiger partial charge in [-0.05, 0) is 48.6 Å². The van der Waals surface area contributed by atoms with Gasteiger partial charge in [0.05, 0.1) is 11.4 Å². The number of rotatable bonds is 7. The van der Waals surface area contributed by atoms with E-state index >= 15 is 0 Å². The highest BCUT2D eigenvalue weighted by Crippen LogP contribution is 2.35. The third-order valence-corrected chi connectivity index (χ3v) is 6.49. The molecule has 6 nitrogen and oxygen atoms in total. The maximum Gasteiger partial charge on any atom is 0.270 e. The van der Waals surface area contributed by atoms with Crippen LogP contribution in [0.5, 0.6) is 0 Å². The molecule has 1 N–H and O–H groups in total. The molecule has 0 saturated heterocycles. The van der Waals surface area contributed by atoms with Crippen molar-refractivity contribution in [2.24, 2.45) is 15.9 Å². The van der Waals surface area contributed by atoms with Gasteiger partial charge in [-0.25, -0.2) is 4.99 Å². The first-order valence-electron chi connectivity index (χ1n) is 10.7. The summed E-state index contributed by atoms with van der Waals surface area (Å²) in [5.74, 6) is 0.963. The van der Waals surface area contributed by atoms with Crippen LogP contribution in [0.4, 0.5) is 5.69 Å². The number of carbonyl (C=O) groups excluding carboxylic acids is 2. The van der Waals surface area contributed by atoms with Crippen molar-refractivity contribution in [1.29, 1.82) is 0 Å². The summed E-state index contributed by atoms with van der Waals surface area (Å²) >= 11 is 7.25. The minimum Gasteiger partial charge on any atom is -0.355 e. The van der Waals surface area contributed by atoms with Crippen LogP contribution in [0.1, 0.15) is 31.4 Å². The Bertz CT molecular complexity index is 1080. The van der Waals surface area contributed by atoms with Crippen molar-refractivity contribution >= 4 is 51.9 Å². The fourth-order valence-electron chi connectivity index (χ4n) is 3.75. The molecule has 0 bridgehead atoms. The van der Waals surface area contributed by atoms with Crippen molar-refractivity contribution in [3.8, 4) is 0 Å². The standard InChI is InChI=1S/C24H25ClN4O2S/c1-15(2)13-20-23(31)28-22-18-5-3-4-6-19(18)27-24(29(20)22)32-14-21(30)26-12-11-16-7-9-17(25)10-8-16/h3-10,15,20H,11-14H2,1-2H3,(H,26,30). The zero-order chi connectivity index (χ0) is 22.7. The fourth-order valence-corrected chi connectivity index (χ4v) is 4.76. The Morgan fingerprint density at radius 1 is 1.16 bits per heavy atom. The molecule has 0 aromatic heterocycles. The van der Waals surface area contributed by atoms with E-state index in [0.717, 1.165) is 23.2 Å². The number of nitrogens with one attached hydrogen (secondary N) is 1. The molecule has 2 aliphatic rings. The fraction of sp³-hybridized carbons (Fsp3) is 0.333. The van der Waals surface area contributed by atoms with Crippen LogP contribution < -0.4 is 5.32 Å². The number of aliphatic imine (C=N–C) groups is 2. The topological polar surface area (TPSA) is 74.1 Å². The van der Waals surface area contributed by atoms with Gasteiger partial charge in [0.2, 0.25) is 5.91 Å². The van der Waals surface area contributed by atoms with Gasteiger partial charge in [-0.1, -0.05) is 61.5 Å². The Balaban J connectivity index is 1.42. The van der Waals surface area contributed by atoms with Gasteiger partial charge < -0.3 is 5.32 Å². The molecule has 2 aliphatic heterocycles. The number of para-hydroxylation sites is 1. The average molecular weight is 469 g/mol. The molecule has 8 heteroatoms. The third-order valence-electron chi connectivity index (χ3n) is 5.28. The molecule has 0 radical (unpaired) electrons. The number of amidine groups is 2. The number of fused-ring (bicyclic) bond motifs is 3. The smallest absolute Gasteiger partial charge is 0.270 e. The summed E-state index contributed by atoms with van der Waals surface area (Å²) in [6.07, 6.45) is 1.41. The number of hydrogen-bond donors (Lipinski definition) is 1. The van der Waals surface area contributed by atoms with E-state index in [2.05, 4.69) is 24.2 Å². The highest BCUT2D eigenvalue weighted by atomic mass is 35.5. The number of benzene rings is 2. The Labute approximate surface area is 197 Å². The van der Waals surface area contributed by atoms with Gasteiger partial charge in [-0.2, -0.15) is 4.99 Å². The molecule has 2 heterocycles. The van der Waals surface area contributed by atoms with Crippen molar-refractivity contribution in [2.45, 2.75) is 32.7 Å². The van der Waals surface area contributed by atoms with Gasteiger partial charge in [0, 0.05) is 17.1 Å². The van der Waals surface area contributed by atoms with E-state index in [9.17, 15) is 9.59 Å². The Kier molecular flexibility index (Phi) is 6.96. The van der Waals surface area contributed by atoms with E-state index in [4.69, 9.17) is 16.6 Å². The third kappa shape index (κ3) is 5.05. The quantitative estimate of drug-likeness (QED) is 0.652. The first kappa shape index (κ1) is 22.6. The number of halogens is 1. The lowest BCUT2D eigenvalue weighted by Crippen LogP contribution is -2.44.